The van der Waals surface area contributed by atoms with Crippen molar-refractivity contribution in [3.05, 3.63) is 143 Å². The Hall–Kier alpha value is -5.77. The van der Waals surface area contributed by atoms with Crippen molar-refractivity contribution in [2.24, 2.45) is 0 Å². The smallest absolute Gasteiger partial charge is 0.278 e. The Balaban J connectivity index is 0.000000167. The molecule has 2 fully saturated rings. The number of rotatable bonds is 8. The predicted octanol–water partition coefficient (Wildman–Crippen LogP) is 5.32. The van der Waals surface area contributed by atoms with Gasteiger partial charge in [-0.25, -0.2) is 0 Å². The van der Waals surface area contributed by atoms with E-state index in [1.54, 1.807) is 31.2 Å². The van der Waals surface area contributed by atoms with Gasteiger partial charge in [-0.2, -0.15) is 19.8 Å². The number of carbonyl (C=O) groups excluding carboxylic acids is 2. The maximum atomic E-state index is 12.6. The molecule has 0 aliphatic carbocycles. The molecule has 0 radical (unpaired) electrons. The zero-order valence-corrected chi connectivity index (χ0v) is 30.2. The average molecular weight is 747 g/mol. The van der Waals surface area contributed by atoms with Gasteiger partial charge in [-0.05, 0) is 78.7 Å². The van der Waals surface area contributed by atoms with Crippen LogP contribution in [0, 0.1) is 6.92 Å². The van der Waals surface area contributed by atoms with Gasteiger partial charge in [0.1, 0.15) is 0 Å². The van der Waals surface area contributed by atoms with Gasteiger partial charge in [0.2, 0.25) is 0 Å². The van der Waals surface area contributed by atoms with Crippen LogP contribution in [0.3, 0.4) is 0 Å². The van der Waals surface area contributed by atoms with Crippen molar-refractivity contribution >= 4 is 34.8 Å². The van der Waals surface area contributed by atoms with E-state index in [2.05, 4.69) is 41.7 Å². The molecule has 4 N–H and O–H groups in total. The van der Waals surface area contributed by atoms with Gasteiger partial charge in [-0.3, -0.25) is 9.59 Å². The fourth-order valence-corrected chi connectivity index (χ4v) is 5.96. The van der Waals surface area contributed by atoms with Gasteiger partial charge in [0.05, 0.1) is 48.7 Å². The minimum Gasteiger partial charge on any atom is -0.371 e. The highest BCUT2D eigenvalue weighted by Gasteiger charge is 2.19. The first-order valence-electron chi connectivity index (χ1n) is 17.5. The van der Waals surface area contributed by atoms with Crippen LogP contribution in [0.2, 0.25) is 5.02 Å². The second-order valence-corrected chi connectivity index (χ2v) is 13.0. The Morgan fingerprint density at radius 2 is 1.24 bits per heavy atom. The number of hydrogen-bond donors (Lipinski definition) is 4. The molecular formula is C39H39ClN10O4. The summed E-state index contributed by atoms with van der Waals surface area (Å²) < 4.78 is 11.5. The van der Waals surface area contributed by atoms with E-state index < -0.39 is 0 Å². The molecule has 54 heavy (non-hydrogen) atoms. The summed E-state index contributed by atoms with van der Waals surface area (Å²) >= 11 is 5.88. The number of amides is 2. The van der Waals surface area contributed by atoms with Crippen molar-refractivity contribution < 1.29 is 19.1 Å². The van der Waals surface area contributed by atoms with Crippen molar-refractivity contribution in [1.82, 2.24) is 40.6 Å². The maximum Gasteiger partial charge on any atom is 0.278 e. The summed E-state index contributed by atoms with van der Waals surface area (Å²) in [5, 5.41) is 30.0. The Labute approximate surface area is 316 Å². The topological polar surface area (TPSA) is 162 Å². The number of ether oxygens (including phenoxy) is 2. The highest BCUT2D eigenvalue weighted by molar-refractivity contribution is 6.30. The van der Waals surface area contributed by atoms with Gasteiger partial charge in [-0.1, -0.05) is 54.1 Å². The summed E-state index contributed by atoms with van der Waals surface area (Å²) in [7, 11) is 0. The minimum absolute atomic E-state index is 0.0442. The first kappa shape index (κ1) is 36.6. The molecule has 4 heterocycles. The van der Waals surface area contributed by atoms with Crippen molar-refractivity contribution in [3.63, 3.8) is 0 Å². The molecule has 2 aliphatic rings. The first-order valence-corrected chi connectivity index (χ1v) is 17.9. The van der Waals surface area contributed by atoms with Crippen LogP contribution in [0.5, 0.6) is 0 Å². The lowest BCUT2D eigenvalue weighted by molar-refractivity contribution is 0.0276. The Bertz CT molecular complexity index is 2140. The summed E-state index contributed by atoms with van der Waals surface area (Å²) in [6.45, 7) is 6.53. The van der Waals surface area contributed by atoms with Crippen molar-refractivity contribution in [1.29, 1.82) is 0 Å². The SMILES string of the molecule is Cc1nn(-c2ccccc2)nc1C(=O)Nc1ccc([C@@H]2CNCCO2)cc1.O=C(Nc1ccc([C@H]2CNCCO2)cc1)c1cnn(-c2ccc(Cl)cc2)n1. The molecule has 0 unspecified atom stereocenters. The number of para-hydroxylation sites is 1. The largest absolute Gasteiger partial charge is 0.371 e. The molecule has 2 atom stereocenters. The second-order valence-electron chi connectivity index (χ2n) is 12.5. The van der Waals surface area contributed by atoms with E-state index in [4.69, 9.17) is 21.1 Å². The number of carbonyl (C=O) groups is 2. The number of aromatic nitrogens is 6. The van der Waals surface area contributed by atoms with Gasteiger partial charge >= 0.3 is 0 Å². The fraction of sp³-hybridized carbons (Fsp3) is 0.231. The summed E-state index contributed by atoms with van der Waals surface area (Å²) in [6.07, 6.45) is 1.53. The normalized spacial score (nSPS) is 16.9. The van der Waals surface area contributed by atoms with E-state index in [0.29, 0.717) is 41.0 Å². The van der Waals surface area contributed by atoms with Gasteiger partial charge in [0, 0.05) is 42.6 Å². The molecule has 0 bridgehead atoms. The highest BCUT2D eigenvalue weighted by atomic mass is 35.5. The number of nitrogens with zero attached hydrogens (tertiary/aromatic N) is 6. The molecular weight excluding hydrogens is 708 g/mol. The first-order chi connectivity index (χ1) is 26.4. The minimum atomic E-state index is -0.321. The van der Waals surface area contributed by atoms with E-state index in [1.165, 1.54) is 15.8 Å². The fourth-order valence-electron chi connectivity index (χ4n) is 5.84. The van der Waals surface area contributed by atoms with Crippen molar-refractivity contribution in [2.75, 3.05) is 50.0 Å². The number of morpholine rings is 2. The summed E-state index contributed by atoms with van der Waals surface area (Å²) in [5.74, 6) is -0.600. The quantitative estimate of drug-likeness (QED) is 0.160. The standard InChI is InChI=1S/C20H21N5O2.C19H18ClN5O2/c1-14-19(24-25(23-14)17-5-3-2-4-6-17)20(26)22-16-9-7-15(8-10-16)18-13-21-11-12-27-18;20-14-3-7-16(8-4-14)25-22-11-17(24-25)19(26)23-15-5-1-13(2-6-15)18-12-21-9-10-27-18/h2-10,18,21H,11-13H2,1H3,(H,22,26);1-8,11,18,21H,9-10,12H2,(H,23,26)/t2*18-/m01/s1. The third kappa shape index (κ3) is 9.23. The van der Waals surface area contributed by atoms with E-state index in [0.717, 1.165) is 48.7 Å². The number of hydrogen-bond acceptors (Lipinski definition) is 10. The third-order valence-electron chi connectivity index (χ3n) is 8.70. The molecule has 0 saturated carbocycles. The van der Waals surface area contributed by atoms with Gasteiger partial charge in [0.15, 0.2) is 11.4 Å². The molecule has 0 spiro atoms. The summed E-state index contributed by atoms with van der Waals surface area (Å²) in [4.78, 5) is 27.9. The van der Waals surface area contributed by atoms with Gasteiger partial charge in [0.25, 0.3) is 11.8 Å². The van der Waals surface area contributed by atoms with E-state index >= 15 is 0 Å². The molecule has 14 nitrogen and oxygen atoms in total. The van der Waals surface area contributed by atoms with Gasteiger partial charge in [-0.15, -0.1) is 10.2 Å². The molecule has 4 aromatic carbocycles. The third-order valence-corrected chi connectivity index (χ3v) is 8.95. The number of benzene rings is 4. The Morgan fingerprint density at radius 3 is 1.80 bits per heavy atom. The lowest BCUT2D eigenvalue weighted by Gasteiger charge is -2.24. The zero-order chi connectivity index (χ0) is 37.3. The number of anilines is 2. The average Bonchev–Trinajstić information content (AvgIpc) is 3.88. The highest BCUT2D eigenvalue weighted by Crippen LogP contribution is 2.23. The molecule has 15 heteroatoms. The van der Waals surface area contributed by atoms with E-state index in [-0.39, 0.29) is 29.7 Å². The van der Waals surface area contributed by atoms with E-state index in [1.807, 2.05) is 78.9 Å². The molecule has 2 saturated heterocycles. The van der Waals surface area contributed by atoms with Crippen LogP contribution < -0.4 is 21.3 Å². The van der Waals surface area contributed by atoms with Crippen LogP contribution in [-0.2, 0) is 9.47 Å². The van der Waals surface area contributed by atoms with Crippen LogP contribution in [0.1, 0.15) is 50.0 Å². The Morgan fingerprint density at radius 1 is 0.685 bits per heavy atom. The molecule has 2 amide bonds. The molecule has 8 rings (SSSR count). The van der Waals surface area contributed by atoms with Crippen LogP contribution in [0.25, 0.3) is 11.4 Å². The summed E-state index contributed by atoms with van der Waals surface area (Å²) in [5.41, 5.74) is 6.22. The van der Waals surface area contributed by atoms with Crippen LogP contribution in [0.4, 0.5) is 11.4 Å². The summed E-state index contributed by atoms with van der Waals surface area (Å²) in [6, 6.07) is 31.9. The van der Waals surface area contributed by atoms with Crippen molar-refractivity contribution in [3.8, 4) is 11.4 Å². The number of halogens is 1. The van der Waals surface area contributed by atoms with Crippen molar-refractivity contribution in [2.45, 2.75) is 19.1 Å². The lowest BCUT2D eigenvalue weighted by Crippen LogP contribution is -2.33. The Kier molecular flexibility index (Phi) is 11.8. The van der Waals surface area contributed by atoms with Crippen LogP contribution in [0.15, 0.2) is 109 Å². The monoisotopic (exact) mass is 746 g/mol. The molecule has 2 aromatic heterocycles. The second kappa shape index (κ2) is 17.4. The van der Waals surface area contributed by atoms with Crippen LogP contribution in [-0.4, -0.2) is 81.2 Å². The maximum absolute atomic E-state index is 12.6. The van der Waals surface area contributed by atoms with Crippen LogP contribution >= 0.6 is 11.6 Å². The molecule has 276 valence electrons. The lowest BCUT2D eigenvalue weighted by atomic mass is 10.1. The number of aryl methyl sites for hydroxylation is 1. The van der Waals surface area contributed by atoms with E-state index in [9.17, 15) is 9.59 Å². The zero-order valence-electron chi connectivity index (χ0n) is 29.5. The molecule has 2 aliphatic heterocycles. The molecule has 6 aromatic rings. The predicted molar refractivity (Wildman–Crippen MR) is 204 cm³/mol. The van der Waals surface area contributed by atoms with Gasteiger partial charge < -0.3 is 30.7 Å². The number of nitrogens with one attached hydrogen (secondary N) is 4.